The normalized spacial score (nSPS) is 12.0. The minimum absolute atomic E-state index is 0.00977. The van der Waals surface area contributed by atoms with Crippen molar-refractivity contribution in [1.29, 1.82) is 0 Å². The molecule has 0 bridgehead atoms. The molecule has 0 aromatic heterocycles. The molecule has 2 aromatic carbocycles. The molecule has 0 saturated carbocycles. The Bertz CT molecular complexity index is 915. The maximum Gasteiger partial charge on any atom is 0.261 e. The van der Waals surface area contributed by atoms with Gasteiger partial charge in [0.25, 0.3) is 5.91 Å². The molecule has 7 heteroatoms. The molecule has 1 atom stereocenters. The minimum Gasteiger partial charge on any atom is -0.483 e. The summed E-state index contributed by atoms with van der Waals surface area (Å²) in [6.45, 7) is 9.92. The van der Waals surface area contributed by atoms with Crippen molar-refractivity contribution in [3.05, 3.63) is 62.5 Å². The first-order valence-corrected chi connectivity index (χ1v) is 11.9. The molecule has 1 N–H and O–H groups in total. The van der Waals surface area contributed by atoms with Crippen molar-refractivity contribution in [2.24, 2.45) is 0 Å². The number of ether oxygens (including phenoxy) is 1. The van der Waals surface area contributed by atoms with Gasteiger partial charge in [0.2, 0.25) is 5.91 Å². The zero-order valence-electron chi connectivity index (χ0n) is 18.6. The van der Waals surface area contributed by atoms with Crippen molar-refractivity contribution in [2.45, 2.75) is 59.2 Å². The van der Waals surface area contributed by atoms with Crippen molar-refractivity contribution in [3.63, 3.8) is 0 Å². The smallest absolute Gasteiger partial charge is 0.261 e. The van der Waals surface area contributed by atoms with Gasteiger partial charge in [-0.1, -0.05) is 48.0 Å². The number of nitrogens with one attached hydrogen (secondary N) is 1. The molecule has 0 aliphatic heterocycles. The topological polar surface area (TPSA) is 58.6 Å². The molecule has 0 spiro atoms. The fourth-order valence-corrected chi connectivity index (χ4v) is 3.99. The molecule has 0 fully saturated rings. The van der Waals surface area contributed by atoms with E-state index >= 15 is 0 Å². The van der Waals surface area contributed by atoms with E-state index in [0.717, 1.165) is 14.5 Å². The highest BCUT2D eigenvalue weighted by atomic mass is 79.9. The largest absolute Gasteiger partial charge is 0.483 e. The summed E-state index contributed by atoms with van der Waals surface area (Å²) in [6, 6.07) is 12.9. The van der Waals surface area contributed by atoms with E-state index in [1.165, 1.54) is 5.56 Å². The van der Waals surface area contributed by atoms with Gasteiger partial charge >= 0.3 is 0 Å². The molecule has 168 valence electrons. The van der Waals surface area contributed by atoms with Gasteiger partial charge in [0.15, 0.2) is 6.61 Å². The summed E-state index contributed by atoms with van der Waals surface area (Å²) in [5.41, 5.74) is 2.11. The van der Waals surface area contributed by atoms with Crippen LogP contribution in [0.15, 0.2) is 51.4 Å². The molecule has 0 unspecified atom stereocenters. The monoisotopic (exact) mass is 552 g/mol. The maximum absolute atomic E-state index is 13.1. The van der Waals surface area contributed by atoms with Gasteiger partial charge in [-0.3, -0.25) is 9.59 Å². The van der Waals surface area contributed by atoms with Crippen LogP contribution in [0.1, 0.15) is 51.7 Å². The Morgan fingerprint density at radius 3 is 2.32 bits per heavy atom. The van der Waals surface area contributed by atoms with Crippen LogP contribution in [-0.4, -0.2) is 35.4 Å². The Hall–Kier alpha value is -1.86. The number of carbonyl (C=O) groups is 2. The van der Waals surface area contributed by atoms with E-state index in [1.807, 2.05) is 56.3 Å². The molecule has 2 amide bonds. The maximum atomic E-state index is 13.1. The van der Waals surface area contributed by atoms with E-state index in [2.05, 4.69) is 51.0 Å². The Kier molecular flexibility index (Phi) is 9.56. The number of hydrogen-bond donors (Lipinski definition) is 1. The summed E-state index contributed by atoms with van der Waals surface area (Å²) in [5, 5.41) is 2.88. The highest BCUT2D eigenvalue weighted by Crippen LogP contribution is 2.29. The van der Waals surface area contributed by atoms with Crippen LogP contribution in [0.3, 0.4) is 0 Å². The van der Waals surface area contributed by atoms with Gasteiger partial charge in [0.05, 0.1) is 4.47 Å². The van der Waals surface area contributed by atoms with Gasteiger partial charge in [-0.05, 0) is 78.0 Å². The fraction of sp³-hybridized carbons (Fsp3) is 0.417. The number of carbonyl (C=O) groups excluding carboxylic acids is 2. The van der Waals surface area contributed by atoms with E-state index in [4.69, 9.17) is 4.74 Å². The summed E-state index contributed by atoms with van der Waals surface area (Å²) in [6.07, 6.45) is 0. The first-order valence-electron chi connectivity index (χ1n) is 10.3. The Morgan fingerprint density at radius 2 is 1.74 bits per heavy atom. The molecule has 0 heterocycles. The molecule has 0 aliphatic carbocycles. The number of benzene rings is 2. The number of rotatable bonds is 9. The SMILES string of the molecule is CC(C)NC(=O)[C@H](C)N(Cc1cccc(Br)c1)C(=O)COc1ccc(C(C)C)cc1Br. The molecular weight excluding hydrogens is 524 g/mol. The highest BCUT2D eigenvalue weighted by Gasteiger charge is 2.27. The van der Waals surface area contributed by atoms with Crippen LogP contribution < -0.4 is 10.1 Å². The van der Waals surface area contributed by atoms with Crippen molar-refractivity contribution in [2.75, 3.05) is 6.61 Å². The molecule has 0 radical (unpaired) electrons. The van der Waals surface area contributed by atoms with E-state index in [0.29, 0.717) is 18.2 Å². The summed E-state index contributed by atoms with van der Waals surface area (Å²) in [5.74, 6) is 0.541. The lowest BCUT2D eigenvalue weighted by Gasteiger charge is -2.29. The number of amides is 2. The lowest BCUT2D eigenvalue weighted by Crippen LogP contribution is -2.50. The van der Waals surface area contributed by atoms with Crippen LogP contribution in [0.5, 0.6) is 5.75 Å². The molecule has 0 saturated heterocycles. The minimum atomic E-state index is -0.635. The number of halogens is 2. The standard InChI is InChI=1S/C24H30Br2N2O3/c1-15(2)19-9-10-22(21(26)12-19)31-14-23(29)28(17(5)24(30)27-16(3)4)13-18-7-6-8-20(25)11-18/h6-12,15-17H,13-14H2,1-5H3,(H,27,30)/t17-/m0/s1. The summed E-state index contributed by atoms with van der Waals surface area (Å²) < 4.78 is 7.53. The van der Waals surface area contributed by atoms with E-state index in [-0.39, 0.29) is 24.5 Å². The third-order valence-electron chi connectivity index (χ3n) is 4.81. The fourth-order valence-electron chi connectivity index (χ4n) is 3.04. The van der Waals surface area contributed by atoms with Crippen LogP contribution in [0.2, 0.25) is 0 Å². The molecule has 5 nitrogen and oxygen atoms in total. The van der Waals surface area contributed by atoms with Crippen LogP contribution in [-0.2, 0) is 16.1 Å². The van der Waals surface area contributed by atoms with Crippen molar-refractivity contribution < 1.29 is 14.3 Å². The van der Waals surface area contributed by atoms with Crippen molar-refractivity contribution in [1.82, 2.24) is 10.2 Å². The third kappa shape index (κ3) is 7.65. The average Bonchev–Trinajstić information content (AvgIpc) is 2.69. The zero-order chi connectivity index (χ0) is 23.1. The van der Waals surface area contributed by atoms with Crippen LogP contribution >= 0.6 is 31.9 Å². The van der Waals surface area contributed by atoms with E-state index in [9.17, 15) is 9.59 Å². The first kappa shape index (κ1) is 25.4. The predicted octanol–water partition coefficient (Wildman–Crippen LogP) is 5.66. The molecule has 0 aliphatic rings. The number of nitrogens with zero attached hydrogens (tertiary/aromatic N) is 1. The van der Waals surface area contributed by atoms with Gasteiger partial charge in [-0.2, -0.15) is 0 Å². The van der Waals surface area contributed by atoms with Crippen LogP contribution in [0.4, 0.5) is 0 Å². The van der Waals surface area contributed by atoms with Crippen molar-refractivity contribution in [3.8, 4) is 5.75 Å². The second-order valence-corrected chi connectivity index (χ2v) is 9.89. The molecule has 2 rings (SSSR count). The Morgan fingerprint density at radius 1 is 1.03 bits per heavy atom. The zero-order valence-corrected chi connectivity index (χ0v) is 21.8. The summed E-state index contributed by atoms with van der Waals surface area (Å²) >= 11 is 6.98. The third-order valence-corrected chi connectivity index (χ3v) is 5.93. The quantitative estimate of drug-likeness (QED) is 0.436. The first-order chi connectivity index (χ1) is 14.6. The van der Waals surface area contributed by atoms with E-state index in [1.54, 1.807) is 11.8 Å². The molecule has 2 aromatic rings. The van der Waals surface area contributed by atoms with Crippen LogP contribution in [0.25, 0.3) is 0 Å². The highest BCUT2D eigenvalue weighted by molar-refractivity contribution is 9.10. The predicted molar refractivity (Wildman–Crippen MR) is 131 cm³/mol. The molecule has 31 heavy (non-hydrogen) atoms. The van der Waals surface area contributed by atoms with Crippen LogP contribution in [0, 0.1) is 0 Å². The lowest BCUT2D eigenvalue weighted by atomic mass is 10.0. The Balaban J connectivity index is 2.18. The van der Waals surface area contributed by atoms with Gasteiger partial charge in [0.1, 0.15) is 11.8 Å². The van der Waals surface area contributed by atoms with Gasteiger partial charge in [-0.15, -0.1) is 0 Å². The lowest BCUT2D eigenvalue weighted by molar-refractivity contribution is -0.142. The van der Waals surface area contributed by atoms with Gasteiger partial charge in [-0.25, -0.2) is 0 Å². The van der Waals surface area contributed by atoms with Crippen molar-refractivity contribution >= 4 is 43.7 Å². The second kappa shape index (κ2) is 11.7. The van der Waals surface area contributed by atoms with E-state index < -0.39 is 6.04 Å². The average molecular weight is 554 g/mol. The molecular formula is C24H30Br2N2O3. The summed E-state index contributed by atoms with van der Waals surface area (Å²) in [4.78, 5) is 27.3. The van der Waals surface area contributed by atoms with Gasteiger partial charge < -0.3 is 15.0 Å². The Labute approximate surface area is 201 Å². The van der Waals surface area contributed by atoms with Gasteiger partial charge in [0, 0.05) is 17.1 Å². The number of hydrogen-bond acceptors (Lipinski definition) is 3. The summed E-state index contributed by atoms with van der Waals surface area (Å²) in [7, 11) is 0. The second-order valence-electron chi connectivity index (χ2n) is 8.12.